The van der Waals surface area contributed by atoms with E-state index < -0.39 is 0 Å². The molecule has 156 valence electrons. The lowest BCUT2D eigenvalue weighted by atomic mass is 9.85. The number of carbonyl (C=O) groups is 2. The van der Waals surface area contributed by atoms with Crippen molar-refractivity contribution in [1.29, 1.82) is 0 Å². The number of allylic oxidation sites excluding steroid dienone is 1. The Hall–Kier alpha value is -3.08. The van der Waals surface area contributed by atoms with Gasteiger partial charge >= 0.3 is 0 Å². The minimum Gasteiger partial charge on any atom is -0.497 e. The van der Waals surface area contributed by atoms with Crippen LogP contribution < -0.4 is 15.4 Å². The summed E-state index contributed by atoms with van der Waals surface area (Å²) in [5, 5.41) is 6.44. The van der Waals surface area contributed by atoms with Crippen molar-refractivity contribution in [3.8, 4) is 5.75 Å². The molecule has 4 rings (SSSR count). The largest absolute Gasteiger partial charge is 0.497 e. The molecular weight excluding hydrogens is 376 g/mol. The SMILES string of the molecule is COc1ccc2c(c1)/C(=C/C(=O)c1cccc(NC(=O)C3CCC3)c1)NC(C)(C)C2. The number of benzene rings is 2. The van der Waals surface area contributed by atoms with E-state index in [1.54, 1.807) is 31.4 Å². The number of hydrogen-bond donors (Lipinski definition) is 2. The molecule has 1 fully saturated rings. The van der Waals surface area contributed by atoms with E-state index >= 15 is 0 Å². The summed E-state index contributed by atoms with van der Waals surface area (Å²) in [5.41, 5.74) is 4.00. The molecule has 1 saturated carbocycles. The fourth-order valence-corrected chi connectivity index (χ4v) is 4.03. The number of hydrogen-bond acceptors (Lipinski definition) is 4. The van der Waals surface area contributed by atoms with E-state index in [-0.39, 0.29) is 23.1 Å². The quantitative estimate of drug-likeness (QED) is 0.565. The highest BCUT2D eigenvalue weighted by molar-refractivity contribution is 6.09. The zero-order chi connectivity index (χ0) is 21.3. The zero-order valence-electron chi connectivity index (χ0n) is 17.7. The lowest BCUT2D eigenvalue weighted by molar-refractivity contribution is -0.122. The topological polar surface area (TPSA) is 67.4 Å². The second-order valence-electron chi connectivity index (χ2n) is 8.83. The van der Waals surface area contributed by atoms with Crippen LogP contribution in [0.4, 0.5) is 5.69 Å². The number of fused-ring (bicyclic) bond motifs is 1. The summed E-state index contributed by atoms with van der Waals surface area (Å²) in [6, 6.07) is 13.1. The van der Waals surface area contributed by atoms with Crippen LogP contribution in [0.3, 0.4) is 0 Å². The molecule has 0 unspecified atom stereocenters. The second kappa shape index (κ2) is 7.98. The van der Waals surface area contributed by atoms with Crippen LogP contribution >= 0.6 is 0 Å². The van der Waals surface area contributed by atoms with Crippen molar-refractivity contribution in [2.45, 2.75) is 45.1 Å². The van der Waals surface area contributed by atoms with Gasteiger partial charge in [-0.15, -0.1) is 0 Å². The van der Waals surface area contributed by atoms with Gasteiger partial charge in [-0.25, -0.2) is 0 Å². The Morgan fingerprint density at radius 3 is 2.67 bits per heavy atom. The highest BCUT2D eigenvalue weighted by Crippen LogP contribution is 2.32. The normalized spacial score (nSPS) is 18.7. The minimum atomic E-state index is -0.160. The van der Waals surface area contributed by atoms with Crippen molar-refractivity contribution in [2.75, 3.05) is 12.4 Å². The first-order valence-electron chi connectivity index (χ1n) is 10.5. The van der Waals surface area contributed by atoms with E-state index in [1.807, 2.05) is 18.2 Å². The molecule has 1 aliphatic heterocycles. The van der Waals surface area contributed by atoms with Gasteiger partial charge in [0.2, 0.25) is 5.91 Å². The van der Waals surface area contributed by atoms with E-state index in [2.05, 4.69) is 30.5 Å². The van der Waals surface area contributed by atoms with Crippen molar-refractivity contribution in [2.24, 2.45) is 5.92 Å². The third-order valence-electron chi connectivity index (χ3n) is 5.88. The number of anilines is 1. The first kappa shape index (κ1) is 20.2. The van der Waals surface area contributed by atoms with Crippen molar-refractivity contribution in [3.63, 3.8) is 0 Å². The Labute approximate surface area is 177 Å². The fourth-order valence-electron chi connectivity index (χ4n) is 4.03. The third kappa shape index (κ3) is 4.25. The first-order chi connectivity index (χ1) is 14.3. The fraction of sp³-hybridized carbons (Fsp3) is 0.360. The molecule has 0 atom stereocenters. The number of amides is 1. The molecule has 0 radical (unpaired) electrons. The minimum absolute atomic E-state index is 0.0425. The molecule has 2 aromatic rings. The van der Waals surface area contributed by atoms with Gasteiger partial charge in [-0.1, -0.05) is 24.6 Å². The van der Waals surface area contributed by atoms with Gasteiger partial charge in [0, 0.05) is 40.0 Å². The van der Waals surface area contributed by atoms with Gasteiger partial charge in [0.25, 0.3) is 0 Å². The summed E-state index contributed by atoms with van der Waals surface area (Å²) in [6.45, 7) is 4.24. The van der Waals surface area contributed by atoms with Gasteiger partial charge < -0.3 is 15.4 Å². The Morgan fingerprint density at radius 1 is 1.17 bits per heavy atom. The maximum absolute atomic E-state index is 13.1. The van der Waals surface area contributed by atoms with Gasteiger partial charge in [0.1, 0.15) is 5.75 Å². The maximum Gasteiger partial charge on any atom is 0.227 e. The van der Waals surface area contributed by atoms with Gasteiger partial charge in [-0.2, -0.15) is 0 Å². The molecule has 5 nitrogen and oxygen atoms in total. The molecule has 0 bridgehead atoms. The zero-order valence-corrected chi connectivity index (χ0v) is 17.7. The van der Waals surface area contributed by atoms with Crippen LogP contribution in [0.2, 0.25) is 0 Å². The van der Waals surface area contributed by atoms with Gasteiger partial charge in [0.05, 0.1) is 7.11 Å². The molecule has 1 heterocycles. The van der Waals surface area contributed by atoms with Gasteiger partial charge in [-0.3, -0.25) is 9.59 Å². The summed E-state index contributed by atoms with van der Waals surface area (Å²) in [6.07, 6.45) is 5.51. The van der Waals surface area contributed by atoms with E-state index in [0.717, 1.165) is 42.7 Å². The smallest absolute Gasteiger partial charge is 0.227 e. The van der Waals surface area contributed by atoms with Crippen molar-refractivity contribution < 1.29 is 14.3 Å². The summed E-state index contributed by atoms with van der Waals surface area (Å²) in [4.78, 5) is 25.3. The van der Waals surface area contributed by atoms with E-state index in [0.29, 0.717) is 11.3 Å². The molecule has 0 saturated heterocycles. The van der Waals surface area contributed by atoms with E-state index in [4.69, 9.17) is 4.74 Å². The highest BCUT2D eigenvalue weighted by Gasteiger charge is 2.28. The lowest BCUT2D eigenvalue weighted by Crippen LogP contribution is -2.43. The number of carbonyl (C=O) groups excluding carboxylic acids is 2. The van der Waals surface area contributed by atoms with Crippen molar-refractivity contribution in [3.05, 3.63) is 65.2 Å². The Kier molecular flexibility index (Phi) is 5.37. The van der Waals surface area contributed by atoms with Crippen LogP contribution in [0.25, 0.3) is 5.70 Å². The molecule has 0 aromatic heterocycles. The predicted octanol–water partition coefficient (Wildman–Crippen LogP) is 4.58. The average Bonchev–Trinajstić information content (AvgIpc) is 2.65. The Bertz CT molecular complexity index is 1020. The van der Waals surface area contributed by atoms with Crippen molar-refractivity contribution >= 4 is 23.1 Å². The summed E-state index contributed by atoms with van der Waals surface area (Å²) < 4.78 is 5.38. The summed E-state index contributed by atoms with van der Waals surface area (Å²) in [7, 11) is 1.64. The third-order valence-corrected chi connectivity index (χ3v) is 5.88. The standard InChI is InChI=1S/C25H28N2O3/c1-25(2)15-18-10-11-20(30-3)13-21(18)22(27-25)14-23(28)17-8-5-9-19(12-17)26-24(29)16-6-4-7-16/h5,8-14,16,27H,4,6-7,15H2,1-3H3,(H,26,29)/b22-14-. The average molecular weight is 405 g/mol. The van der Waals surface area contributed by atoms with Crippen LogP contribution in [-0.4, -0.2) is 24.3 Å². The van der Waals surface area contributed by atoms with Crippen LogP contribution in [0.5, 0.6) is 5.75 Å². The maximum atomic E-state index is 13.1. The summed E-state index contributed by atoms with van der Waals surface area (Å²) >= 11 is 0. The Balaban J connectivity index is 1.61. The van der Waals surface area contributed by atoms with Crippen LogP contribution in [-0.2, 0) is 11.2 Å². The lowest BCUT2D eigenvalue weighted by Gasteiger charge is -2.35. The molecule has 5 heteroatoms. The first-order valence-corrected chi connectivity index (χ1v) is 10.5. The molecule has 30 heavy (non-hydrogen) atoms. The number of nitrogens with one attached hydrogen (secondary N) is 2. The second-order valence-corrected chi connectivity index (χ2v) is 8.83. The van der Waals surface area contributed by atoms with Crippen LogP contribution in [0.15, 0.2) is 48.5 Å². The van der Waals surface area contributed by atoms with Crippen LogP contribution in [0.1, 0.15) is 54.6 Å². The van der Waals surface area contributed by atoms with E-state index in [1.165, 1.54) is 5.56 Å². The van der Waals surface area contributed by atoms with Crippen LogP contribution in [0, 0.1) is 5.92 Å². The molecule has 2 aromatic carbocycles. The number of ketones is 1. The van der Waals surface area contributed by atoms with E-state index in [9.17, 15) is 9.59 Å². The highest BCUT2D eigenvalue weighted by atomic mass is 16.5. The van der Waals surface area contributed by atoms with Gasteiger partial charge in [0.15, 0.2) is 5.78 Å². The predicted molar refractivity (Wildman–Crippen MR) is 119 cm³/mol. The Morgan fingerprint density at radius 2 is 1.97 bits per heavy atom. The molecule has 2 N–H and O–H groups in total. The molecule has 1 amide bonds. The number of rotatable bonds is 5. The van der Waals surface area contributed by atoms with Gasteiger partial charge in [-0.05, 0) is 62.9 Å². The number of ether oxygens (including phenoxy) is 1. The molecule has 0 spiro atoms. The molecule has 2 aliphatic rings. The molecular formula is C25H28N2O3. The monoisotopic (exact) mass is 404 g/mol. The van der Waals surface area contributed by atoms with Crippen molar-refractivity contribution in [1.82, 2.24) is 5.32 Å². The summed E-state index contributed by atoms with van der Waals surface area (Å²) in [5.74, 6) is 0.797. The number of methoxy groups -OCH3 is 1. The molecule has 1 aliphatic carbocycles.